The Balaban J connectivity index is 1.84. The summed E-state index contributed by atoms with van der Waals surface area (Å²) < 4.78 is 19.5. The number of hydrogen-bond donors (Lipinski definition) is 1. The molecule has 2 fully saturated rings. The van der Waals surface area contributed by atoms with Crippen molar-refractivity contribution < 1.29 is 13.9 Å². The van der Waals surface area contributed by atoms with Gasteiger partial charge in [0.25, 0.3) is 0 Å². The van der Waals surface area contributed by atoms with E-state index in [1.807, 2.05) is 0 Å². The predicted octanol–water partition coefficient (Wildman–Crippen LogP) is 4.00. The summed E-state index contributed by atoms with van der Waals surface area (Å²) in [6, 6.07) is 4.52. The summed E-state index contributed by atoms with van der Waals surface area (Å²) in [5, 5.41) is 3.47. The van der Waals surface area contributed by atoms with Gasteiger partial charge >= 0.3 is 0 Å². The summed E-state index contributed by atoms with van der Waals surface area (Å²) in [4.78, 5) is 11.5. The molecular formula is C17H21ClFNO2. The molecule has 1 heterocycles. The first-order valence-electron chi connectivity index (χ1n) is 7.92. The van der Waals surface area contributed by atoms with Gasteiger partial charge < -0.3 is 10.1 Å². The second-order valence-electron chi connectivity index (χ2n) is 6.32. The zero-order valence-electron chi connectivity index (χ0n) is 12.6. The van der Waals surface area contributed by atoms with E-state index in [1.54, 1.807) is 13.0 Å². The van der Waals surface area contributed by atoms with Crippen molar-refractivity contribution in [2.75, 3.05) is 0 Å². The highest BCUT2D eigenvalue weighted by atomic mass is 35.5. The average Bonchev–Trinajstić information content (AvgIpc) is 2.46. The van der Waals surface area contributed by atoms with Crippen LogP contribution in [-0.2, 0) is 9.53 Å². The molecule has 1 aromatic carbocycles. The third kappa shape index (κ3) is 3.28. The topological polar surface area (TPSA) is 38.3 Å². The Labute approximate surface area is 135 Å². The molecule has 5 heteroatoms. The summed E-state index contributed by atoms with van der Waals surface area (Å²) in [5.41, 5.74) is 0.808. The van der Waals surface area contributed by atoms with Crippen molar-refractivity contribution >= 4 is 17.5 Å². The quantitative estimate of drug-likeness (QED) is 0.892. The number of carbonyl (C=O) groups is 1. The summed E-state index contributed by atoms with van der Waals surface area (Å²) >= 11 is 6.18. The van der Waals surface area contributed by atoms with E-state index in [0.29, 0.717) is 17.4 Å². The maximum Gasteiger partial charge on any atom is 0.217 e. The van der Waals surface area contributed by atoms with Crippen LogP contribution in [0.25, 0.3) is 0 Å². The van der Waals surface area contributed by atoms with Crippen molar-refractivity contribution in [1.29, 1.82) is 0 Å². The van der Waals surface area contributed by atoms with Gasteiger partial charge in [0.15, 0.2) is 0 Å². The molecule has 0 bridgehead atoms. The van der Waals surface area contributed by atoms with E-state index in [9.17, 15) is 9.18 Å². The van der Waals surface area contributed by atoms with E-state index < -0.39 is 0 Å². The van der Waals surface area contributed by atoms with Crippen LogP contribution in [0, 0.1) is 11.7 Å². The molecule has 1 N–H and O–H groups in total. The van der Waals surface area contributed by atoms with Crippen molar-refractivity contribution in [3.8, 4) is 0 Å². The lowest BCUT2D eigenvalue weighted by Gasteiger charge is -2.45. The number of ether oxygens (including phenoxy) is 1. The van der Waals surface area contributed by atoms with Crippen LogP contribution in [0.3, 0.4) is 0 Å². The monoisotopic (exact) mass is 325 g/mol. The Morgan fingerprint density at radius 2 is 2.14 bits per heavy atom. The lowest BCUT2D eigenvalue weighted by Crippen LogP contribution is -2.50. The van der Waals surface area contributed by atoms with Gasteiger partial charge in [-0.1, -0.05) is 30.5 Å². The minimum atomic E-state index is -0.349. The first kappa shape index (κ1) is 15.8. The van der Waals surface area contributed by atoms with Crippen LogP contribution in [0.1, 0.15) is 50.7 Å². The van der Waals surface area contributed by atoms with Gasteiger partial charge in [-0.3, -0.25) is 4.79 Å². The number of nitrogens with one attached hydrogen (secondary N) is 1. The van der Waals surface area contributed by atoms with Gasteiger partial charge in [-0.2, -0.15) is 0 Å². The molecule has 1 aliphatic carbocycles. The molecule has 120 valence electrons. The smallest absolute Gasteiger partial charge is 0.217 e. The Morgan fingerprint density at radius 3 is 2.86 bits per heavy atom. The summed E-state index contributed by atoms with van der Waals surface area (Å²) in [6.07, 6.45) is 5.07. The molecule has 0 radical (unpaired) electrons. The number of amides is 1. The summed E-state index contributed by atoms with van der Waals surface area (Å²) in [7, 11) is 0. The molecule has 0 aromatic heterocycles. The first-order valence-corrected chi connectivity index (χ1v) is 8.30. The van der Waals surface area contributed by atoms with Crippen LogP contribution in [0.5, 0.6) is 0 Å². The van der Waals surface area contributed by atoms with Gasteiger partial charge in [0.05, 0.1) is 12.2 Å². The Morgan fingerprint density at radius 1 is 1.36 bits per heavy atom. The molecule has 1 amide bonds. The van der Waals surface area contributed by atoms with E-state index in [-0.39, 0.29) is 30.0 Å². The van der Waals surface area contributed by atoms with Gasteiger partial charge in [0, 0.05) is 23.9 Å². The number of halogens is 2. The fourth-order valence-corrected chi connectivity index (χ4v) is 4.11. The number of benzene rings is 1. The SMILES string of the molecule is CC(=O)N[C@@H]1C[C@H](c2ccc(F)cc2Cl)O[C@@H]2CCCC[C@@H]12. The van der Waals surface area contributed by atoms with Crippen LogP contribution in [-0.4, -0.2) is 18.1 Å². The van der Waals surface area contributed by atoms with E-state index in [1.165, 1.54) is 18.6 Å². The predicted molar refractivity (Wildman–Crippen MR) is 83.2 cm³/mol. The highest BCUT2D eigenvalue weighted by Gasteiger charge is 2.41. The molecule has 1 saturated carbocycles. The van der Waals surface area contributed by atoms with Crippen LogP contribution < -0.4 is 5.32 Å². The normalized spacial score (nSPS) is 31.4. The van der Waals surface area contributed by atoms with Crippen molar-refractivity contribution in [3.05, 3.63) is 34.6 Å². The highest BCUT2D eigenvalue weighted by molar-refractivity contribution is 6.31. The van der Waals surface area contributed by atoms with E-state index in [0.717, 1.165) is 24.8 Å². The minimum Gasteiger partial charge on any atom is -0.370 e. The summed E-state index contributed by atoms with van der Waals surface area (Å²) in [6.45, 7) is 1.55. The minimum absolute atomic E-state index is 0.0137. The van der Waals surface area contributed by atoms with Gasteiger partial charge in [-0.25, -0.2) is 4.39 Å². The highest BCUT2D eigenvalue weighted by Crippen LogP contribution is 2.42. The molecule has 2 aliphatic rings. The maximum atomic E-state index is 13.2. The molecule has 1 aliphatic heterocycles. The van der Waals surface area contributed by atoms with Crippen LogP contribution >= 0.6 is 11.6 Å². The molecule has 1 saturated heterocycles. The van der Waals surface area contributed by atoms with Gasteiger partial charge in [0.1, 0.15) is 5.82 Å². The molecule has 0 spiro atoms. The Hall–Kier alpha value is -1.13. The van der Waals surface area contributed by atoms with E-state index >= 15 is 0 Å². The van der Waals surface area contributed by atoms with E-state index in [2.05, 4.69) is 5.32 Å². The second-order valence-corrected chi connectivity index (χ2v) is 6.73. The Kier molecular flexibility index (Phi) is 4.69. The second kappa shape index (κ2) is 6.55. The molecule has 3 rings (SSSR count). The van der Waals surface area contributed by atoms with Crippen molar-refractivity contribution in [2.45, 2.75) is 57.3 Å². The molecular weight excluding hydrogens is 305 g/mol. The third-order valence-electron chi connectivity index (χ3n) is 4.78. The maximum absolute atomic E-state index is 13.2. The average molecular weight is 326 g/mol. The molecule has 1 aromatic rings. The van der Waals surface area contributed by atoms with Crippen LogP contribution in [0.2, 0.25) is 5.02 Å². The van der Waals surface area contributed by atoms with Crippen molar-refractivity contribution in [2.24, 2.45) is 5.92 Å². The molecule has 22 heavy (non-hydrogen) atoms. The fourth-order valence-electron chi connectivity index (χ4n) is 3.82. The first-order chi connectivity index (χ1) is 10.5. The van der Waals surface area contributed by atoms with Gasteiger partial charge in [-0.15, -0.1) is 0 Å². The third-order valence-corrected chi connectivity index (χ3v) is 5.10. The molecule has 3 nitrogen and oxygen atoms in total. The number of rotatable bonds is 2. The zero-order chi connectivity index (χ0) is 15.7. The molecule has 4 atom stereocenters. The number of carbonyl (C=O) groups excluding carboxylic acids is 1. The Bertz CT molecular complexity index is 566. The number of fused-ring (bicyclic) bond motifs is 1. The lowest BCUT2D eigenvalue weighted by molar-refractivity contribution is -0.131. The fraction of sp³-hybridized carbons (Fsp3) is 0.588. The van der Waals surface area contributed by atoms with Crippen molar-refractivity contribution in [1.82, 2.24) is 5.32 Å². The lowest BCUT2D eigenvalue weighted by atomic mass is 9.76. The standard InChI is InChI=1S/C17H21ClFNO2/c1-10(21)20-15-9-17(12-7-6-11(19)8-14(12)18)22-16-5-3-2-4-13(15)16/h6-8,13,15-17H,2-5,9H2,1H3,(H,20,21)/t13-,15+,16+,17+/m0/s1. The van der Waals surface area contributed by atoms with Gasteiger partial charge in [-0.05, 0) is 37.0 Å². The number of hydrogen-bond acceptors (Lipinski definition) is 2. The van der Waals surface area contributed by atoms with Crippen LogP contribution in [0.4, 0.5) is 4.39 Å². The van der Waals surface area contributed by atoms with Crippen molar-refractivity contribution in [3.63, 3.8) is 0 Å². The largest absolute Gasteiger partial charge is 0.370 e. The summed E-state index contributed by atoms with van der Waals surface area (Å²) in [5.74, 6) is 0.00631. The zero-order valence-corrected chi connectivity index (χ0v) is 13.4. The molecule has 0 unspecified atom stereocenters. The van der Waals surface area contributed by atoms with E-state index in [4.69, 9.17) is 16.3 Å². The van der Waals surface area contributed by atoms with Crippen LogP contribution in [0.15, 0.2) is 18.2 Å². The van der Waals surface area contributed by atoms with Gasteiger partial charge in [0.2, 0.25) is 5.91 Å².